The second-order valence-electron chi connectivity index (χ2n) is 3.89. The highest BCUT2D eigenvalue weighted by Crippen LogP contribution is 2.38. The third-order valence-electron chi connectivity index (χ3n) is 2.64. The molecule has 1 aromatic carbocycles. The van der Waals surface area contributed by atoms with Crippen LogP contribution >= 0.6 is 23.2 Å². The molecule has 0 saturated carbocycles. The van der Waals surface area contributed by atoms with Crippen molar-refractivity contribution in [3.63, 3.8) is 0 Å². The van der Waals surface area contributed by atoms with Crippen LogP contribution < -0.4 is 9.47 Å². The van der Waals surface area contributed by atoms with Gasteiger partial charge in [0.2, 0.25) is 0 Å². The van der Waals surface area contributed by atoms with Crippen molar-refractivity contribution >= 4 is 29.2 Å². The van der Waals surface area contributed by atoms with E-state index in [-0.39, 0.29) is 16.5 Å². The fourth-order valence-electron chi connectivity index (χ4n) is 1.70. The summed E-state index contributed by atoms with van der Waals surface area (Å²) in [5.74, 6) is -0.319. The molecule has 0 radical (unpaired) electrons. The molecule has 0 spiro atoms. The zero-order valence-electron chi connectivity index (χ0n) is 11.1. The van der Waals surface area contributed by atoms with Crippen LogP contribution in [0.1, 0.15) is 10.5 Å². The van der Waals surface area contributed by atoms with Crippen LogP contribution in [0, 0.1) is 0 Å². The molecule has 1 heterocycles. The second kappa shape index (κ2) is 6.15. The van der Waals surface area contributed by atoms with Gasteiger partial charge >= 0.3 is 5.97 Å². The fraction of sp³-hybridized carbons (Fsp3) is 0.154. The van der Waals surface area contributed by atoms with Crippen molar-refractivity contribution in [2.75, 3.05) is 14.2 Å². The molecule has 2 aromatic rings. The van der Waals surface area contributed by atoms with Crippen molar-refractivity contribution in [3.8, 4) is 22.9 Å². The van der Waals surface area contributed by atoms with Crippen LogP contribution in [0.15, 0.2) is 18.3 Å². The molecule has 0 saturated heterocycles. The van der Waals surface area contributed by atoms with Crippen molar-refractivity contribution in [1.29, 1.82) is 0 Å². The molecule has 0 unspecified atom stereocenters. The lowest BCUT2D eigenvalue weighted by Crippen LogP contribution is -2.04. The van der Waals surface area contributed by atoms with Gasteiger partial charge in [0.1, 0.15) is 0 Å². The lowest BCUT2D eigenvalue weighted by molar-refractivity contribution is 0.0690. The smallest absolute Gasteiger partial charge is 0.356 e. The highest BCUT2D eigenvalue weighted by molar-refractivity contribution is 6.33. The number of carbonyl (C=O) groups is 1. The van der Waals surface area contributed by atoms with E-state index in [9.17, 15) is 4.79 Å². The van der Waals surface area contributed by atoms with Crippen molar-refractivity contribution in [2.24, 2.45) is 0 Å². The number of aromatic nitrogens is 2. The van der Waals surface area contributed by atoms with E-state index in [1.807, 2.05) is 0 Å². The van der Waals surface area contributed by atoms with Gasteiger partial charge in [0.25, 0.3) is 0 Å². The van der Waals surface area contributed by atoms with Gasteiger partial charge in [-0.1, -0.05) is 23.2 Å². The molecule has 8 heteroatoms. The van der Waals surface area contributed by atoms with Crippen LogP contribution in [0.3, 0.4) is 0 Å². The summed E-state index contributed by atoms with van der Waals surface area (Å²) in [6.07, 6.45) is 1.22. The number of ether oxygens (including phenoxy) is 2. The molecule has 0 fully saturated rings. The van der Waals surface area contributed by atoms with Gasteiger partial charge in [-0.25, -0.2) is 14.8 Å². The predicted molar refractivity (Wildman–Crippen MR) is 77.6 cm³/mol. The fourth-order valence-corrected chi connectivity index (χ4v) is 2.16. The Hall–Kier alpha value is -2.05. The van der Waals surface area contributed by atoms with Crippen LogP contribution in [0.2, 0.25) is 10.0 Å². The van der Waals surface area contributed by atoms with E-state index in [1.54, 1.807) is 12.1 Å². The number of benzene rings is 1. The predicted octanol–water partition coefficient (Wildman–Crippen LogP) is 3.17. The Bertz CT molecular complexity index is 707. The number of carboxylic acids is 1. The molecule has 0 bridgehead atoms. The quantitative estimate of drug-likeness (QED) is 0.928. The van der Waals surface area contributed by atoms with E-state index in [0.29, 0.717) is 22.1 Å². The van der Waals surface area contributed by atoms with Crippen LogP contribution in [0.25, 0.3) is 11.4 Å². The van der Waals surface area contributed by atoms with Crippen molar-refractivity contribution in [3.05, 3.63) is 34.1 Å². The number of methoxy groups -OCH3 is 2. The summed E-state index contributed by atoms with van der Waals surface area (Å²) in [5.41, 5.74) is 0.199. The Labute approximate surface area is 130 Å². The van der Waals surface area contributed by atoms with Crippen molar-refractivity contribution in [2.45, 2.75) is 0 Å². The van der Waals surface area contributed by atoms with Gasteiger partial charge in [0.15, 0.2) is 23.0 Å². The standard InChI is InChI=1S/C13H10Cl2N2O4/c1-20-9-4-6(3-7(14)11(9)21-2)12-16-5-8(15)10(17-12)13(18)19/h3-5H,1-2H3,(H,18,19). The molecule has 21 heavy (non-hydrogen) atoms. The van der Waals surface area contributed by atoms with Gasteiger partial charge in [0, 0.05) is 5.56 Å². The lowest BCUT2D eigenvalue weighted by atomic mass is 10.2. The molecule has 0 aliphatic heterocycles. The zero-order chi connectivity index (χ0) is 15.6. The number of carboxylic acid groups (broad SMARTS) is 1. The maximum atomic E-state index is 11.1. The van der Waals surface area contributed by atoms with Crippen LogP contribution in [0.4, 0.5) is 0 Å². The molecule has 0 atom stereocenters. The Morgan fingerprint density at radius 2 is 1.90 bits per heavy atom. The number of nitrogens with zero attached hydrogens (tertiary/aromatic N) is 2. The molecular formula is C13H10Cl2N2O4. The summed E-state index contributed by atoms with van der Waals surface area (Å²) in [5, 5.41) is 9.28. The number of hydrogen-bond donors (Lipinski definition) is 1. The van der Waals surface area contributed by atoms with E-state index in [1.165, 1.54) is 20.4 Å². The normalized spacial score (nSPS) is 10.3. The largest absolute Gasteiger partial charge is 0.493 e. The molecule has 0 amide bonds. The topological polar surface area (TPSA) is 81.5 Å². The van der Waals surface area contributed by atoms with E-state index in [2.05, 4.69) is 9.97 Å². The molecule has 0 aliphatic rings. The Balaban J connectivity index is 2.59. The van der Waals surface area contributed by atoms with E-state index in [4.69, 9.17) is 37.8 Å². The second-order valence-corrected chi connectivity index (χ2v) is 4.70. The highest BCUT2D eigenvalue weighted by Gasteiger charge is 2.17. The Kier molecular flexibility index (Phi) is 4.50. The SMILES string of the molecule is COc1cc(-c2ncc(Cl)c(C(=O)O)n2)cc(Cl)c1OC. The summed E-state index contributed by atoms with van der Waals surface area (Å²) >= 11 is 11.8. The van der Waals surface area contributed by atoms with Crippen molar-refractivity contribution in [1.82, 2.24) is 9.97 Å². The number of rotatable bonds is 4. The van der Waals surface area contributed by atoms with Gasteiger partial charge in [0.05, 0.1) is 30.5 Å². The molecule has 6 nitrogen and oxygen atoms in total. The molecule has 1 N–H and O–H groups in total. The molecule has 2 rings (SSSR count). The first kappa shape index (κ1) is 15.3. The van der Waals surface area contributed by atoms with Gasteiger partial charge in [-0.2, -0.15) is 0 Å². The summed E-state index contributed by atoms with van der Waals surface area (Å²) in [6, 6.07) is 3.15. The average molecular weight is 329 g/mol. The Morgan fingerprint density at radius 3 is 2.48 bits per heavy atom. The molecule has 110 valence electrons. The van der Waals surface area contributed by atoms with Crippen LogP contribution in [-0.4, -0.2) is 35.3 Å². The molecular weight excluding hydrogens is 319 g/mol. The summed E-state index contributed by atoms with van der Waals surface area (Å²) in [6.45, 7) is 0. The highest BCUT2D eigenvalue weighted by atomic mass is 35.5. The Morgan fingerprint density at radius 1 is 1.19 bits per heavy atom. The van der Waals surface area contributed by atoms with Gasteiger partial charge in [-0.3, -0.25) is 0 Å². The molecule has 0 aliphatic carbocycles. The van der Waals surface area contributed by atoms with Crippen molar-refractivity contribution < 1.29 is 19.4 Å². The van der Waals surface area contributed by atoms with E-state index < -0.39 is 5.97 Å². The first-order chi connectivity index (χ1) is 9.97. The summed E-state index contributed by atoms with van der Waals surface area (Å²) in [4.78, 5) is 19.0. The summed E-state index contributed by atoms with van der Waals surface area (Å²) < 4.78 is 10.3. The number of hydrogen-bond acceptors (Lipinski definition) is 5. The average Bonchev–Trinajstić information content (AvgIpc) is 2.46. The van der Waals surface area contributed by atoms with Crippen LogP contribution in [-0.2, 0) is 0 Å². The number of halogens is 2. The van der Waals surface area contributed by atoms with Gasteiger partial charge in [-0.15, -0.1) is 0 Å². The minimum absolute atomic E-state index is 0.0437. The van der Waals surface area contributed by atoms with Gasteiger partial charge < -0.3 is 14.6 Å². The molecule has 1 aromatic heterocycles. The maximum absolute atomic E-state index is 11.1. The third-order valence-corrected chi connectivity index (χ3v) is 3.20. The maximum Gasteiger partial charge on any atom is 0.356 e. The summed E-state index contributed by atoms with van der Waals surface area (Å²) in [7, 11) is 2.92. The zero-order valence-corrected chi connectivity index (χ0v) is 12.6. The minimum Gasteiger partial charge on any atom is -0.493 e. The third kappa shape index (κ3) is 3.01. The first-order valence-electron chi connectivity index (χ1n) is 5.65. The van der Waals surface area contributed by atoms with Gasteiger partial charge in [-0.05, 0) is 12.1 Å². The first-order valence-corrected chi connectivity index (χ1v) is 6.41. The lowest BCUT2D eigenvalue weighted by Gasteiger charge is -2.11. The number of aromatic carboxylic acids is 1. The monoisotopic (exact) mass is 328 g/mol. The van der Waals surface area contributed by atoms with E-state index >= 15 is 0 Å². The van der Waals surface area contributed by atoms with Crippen LogP contribution in [0.5, 0.6) is 11.5 Å². The van der Waals surface area contributed by atoms with E-state index in [0.717, 1.165) is 0 Å². The minimum atomic E-state index is -1.24.